The minimum atomic E-state index is -1.25. The predicted molar refractivity (Wildman–Crippen MR) is 148 cm³/mol. The van der Waals surface area contributed by atoms with E-state index in [1.54, 1.807) is 12.1 Å². The van der Waals surface area contributed by atoms with E-state index >= 15 is 0 Å². The third kappa shape index (κ3) is 5.83. The standard InChI is InChI=1S/C30H28F2N6O3/c1-33-21-14-24(31)26(34-16-21)18-41-23-4-2-3-22(15-23)37-11-9-36(10-12-37)17-28-35-25-6-5-20(29(39)40)13-27(25)38(28)19-30(32)7-8-30/h2-6,13-16H,7-12,17-19H2,(H,39,40). The number of alkyl halides is 1. The smallest absolute Gasteiger partial charge is 0.335 e. The van der Waals surface area contributed by atoms with Gasteiger partial charge in [-0.1, -0.05) is 6.07 Å². The van der Waals surface area contributed by atoms with Crippen LogP contribution in [0.4, 0.5) is 20.2 Å². The number of fused-ring (bicyclic) bond motifs is 1. The van der Waals surface area contributed by atoms with Gasteiger partial charge in [0.15, 0.2) is 0 Å². The Kier molecular flexibility index (Phi) is 7.01. The van der Waals surface area contributed by atoms with Crippen LogP contribution in [0.1, 0.15) is 34.7 Å². The summed E-state index contributed by atoms with van der Waals surface area (Å²) in [4.78, 5) is 28.0. The lowest BCUT2D eigenvalue weighted by atomic mass is 10.2. The molecular weight excluding hydrogens is 530 g/mol. The molecule has 0 unspecified atom stereocenters. The summed E-state index contributed by atoms with van der Waals surface area (Å²) in [6.45, 7) is 10.7. The van der Waals surface area contributed by atoms with Crippen molar-refractivity contribution in [3.05, 3.63) is 89.0 Å². The van der Waals surface area contributed by atoms with Crippen LogP contribution in [0.15, 0.2) is 54.7 Å². The second-order valence-corrected chi connectivity index (χ2v) is 10.6. The summed E-state index contributed by atoms with van der Waals surface area (Å²) >= 11 is 0. The zero-order chi connectivity index (χ0) is 28.6. The molecule has 1 aliphatic carbocycles. The number of carboxylic acids is 1. The van der Waals surface area contributed by atoms with Crippen LogP contribution in [-0.2, 0) is 19.7 Å². The Balaban J connectivity index is 1.11. The highest BCUT2D eigenvalue weighted by Crippen LogP contribution is 2.42. The van der Waals surface area contributed by atoms with Crippen molar-refractivity contribution in [3.8, 4) is 5.75 Å². The fourth-order valence-corrected chi connectivity index (χ4v) is 5.09. The molecule has 210 valence electrons. The van der Waals surface area contributed by atoms with Gasteiger partial charge in [-0.25, -0.2) is 23.4 Å². The third-order valence-corrected chi connectivity index (χ3v) is 7.64. The van der Waals surface area contributed by atoms with Gasteiger partial charge in [-0.3, -0.25) is 9.88 Å². The van der Waals surface area contributed by atoms with E-state index in [1.807, 2.05) is 28.8 Å². The minimum absolute atomic E-state index is 0.0452. The number of hydrogen-bond acceptors (Lipinski definition) is 6. The SMILES string of the molecule is [C-]#[N+]c1cnc(COc2cccc(N3CCN(Cc4nc5ccc(C(=O)O)cc5n4CC4(F)CC4)CC3)c2)c(F)c1. The van der Waals surface area contributed by atoms with Crippen molar-refractivity contribution >= 4 is 28.4 Å². The molecule has 2 aromatic carbocycles. The molecule has 1 saturated heterocycles. The lowest BCUT2D eigenvalue weighted by Crippen LogP contribution is -2.46. The van der Waals surface area contributed by atoms with Crippen LogP contribution in [0, 0.1) is 12.4 Å². The van der Waals surface area contributed by atoms with Gasteiger partial charge in [0.2, 0.25) is 5.69 Å². The molecule has 2 aromatic heterocycles. The molecule has 0 radical (unpaired) electrons. The zero-order valence-corrected chi connectivity index (χ0v) is 22.3. The maximum absolute atomic E-state index is 14.9. The van der Waals surface area contributed by atoms with E-state index in [0.29, 0.717) is 36.2 Å². The average Bonchev–Trinajstić information content (AvgIpc) is 3.62. The number of ether oxygens (including phenoxy) is 1. The Morgan fingerprint density at radius 3 is 2.63 bits per heavy atom. The van der Waals surface area contributed by atoms with Gasteiger partial charge in [-0.2, -0.15) is 0 Å². The lowest BCUT2D eigenvalue weighted by molar-refractivity contribution is 0.0697. The Hall–Kier alpha value is -4.56. The van der Waals surface area contributed by atoms with Crippen LogP contribution in [-0.4, -0.2) is 62.4 Å². The molecule has 1 N–H and O–H groups in total. The van der Waals surface area contributed by atoms with Crippen molar-refractivity contribution in [3.63, 3.8) is 0 Å². The fourth-order valence-electron chi connectivity index (χ4n) is 5.09. The highest BCUT2D eigenvalue weighted by Gasteiger charge is 2.44. The van der Waals surface area contributed by atoms with Crippen LogP contribution < -0.4 is 9.64 Å². The van der Waals surface area contributed by atoms with E-state index < -0.39 is 17.5 Å². The molecule has 41 heavy (non-hydrogen) atoms. The summed E-state index contributed by atoms with van der Waals surface area (Å²) in [5, 5.41) is 9.44. The van der Waals surface area contributed by atoms with Crippen LogP contribution in [0.5, 0.6) is 5.75 Å². The molecule has 0 atom stereocenters. The molecule has 4 aromatic rings. The Morgan fingerprint density at radius 1 is 1.12 bits per heavy atom. The van der Waals surface area contributed by atoms with Gasteiger partial charge in [-0.05, 0) is 49.2 Å². The van der Waals surface area contributed by atoms with Crippen molar-refractivity contribution in [2.45, 2.75) is 38.2 Å². The summed E-state index contributed by atoms with van der Waals surface area (Å²) in [5.74, 6) is -0.261. The monoisotopic (exact) mass is 558 g/mol. The minimum Gasteiger partial charge on any atom is -0.487 e. The molecule has 0 spiro atoms. The predicted octanol–water partition coefficient (Wildman–Crippen LogP) is 5.22. The molecular formula is C30H28F2N6O3. The molecule has 2 aliphatic rings. The summed E-state index contributed by atoms with van der Waals surface area (Å²) in [5.41, 5.74) is 1.50. The molecule has 0 amide bonds. The number of pyridine rings is 1. The van der Waals surface area contributed by atoms with Gasteiger partial charge < -0.3 is 19.3 Å². The largest absolute Gasteiger partial charge is 0.487 e. The van der Waals surface area contributed by atoms with Crippen LogP contribution in [0.25, 0.3) is 15.9 Å². The molecule has 1 saturated carbocycles. The zero-order valence-electron chi connectivity index (χ0n) is 22.3. The lowest BCUT2D eigenvalue weighted by Gasteiger charge is -2.36. The highest BCUT2D eigenvalue weighted by atomic mass is 19.1. The summed E-state index contributed by atoms with van der Waals surface area (Å²) in [7, 11) is 0. The first-order chi connectivity index (χ1) is 19.8. The number of rotatable bonds is 9. The normalized spacial score (nSPS) is 16.5. The van der Waals surface area contributed by atoms with Gasteiger partial charge in [0, 0.05) is 44.1 Å². The van der Waals surface area contributed by atoms with Crippen LogP contribution in [0.3, 0.4) is 0 Å². The van der Waals surface area contributed by atoms with Gasteiger partial charge >= 0.3 is 5.97 Å². The number of hydrogen-bond donors (Lipinski definition) is 1. The van der Waals surface area contributed by atoms with Crippen molar-refractivity contribution < 1.29 is 23.4 Å². The van der Waals surface area contributed by atoms with Gasteiger partial charge in [0.1, 0.15) is 35.4 Å². The number of imidazole rings is 1. The van der Waals surface area contributed by atoms with E-state index in [1.165, 1.54) is 12.3 Å². The maximum atomic E-state index is 14.9. The molecule has 3 heterocycles. The topological polar surface area (TPSA) is 88.1 Å². The first-order valence-corrected chi connectivity index (χ1v) is 13.4. The van der Waals surface area contributed by atoms with Crippen molar-refractivity contribution in [2.24, 2.45) is 0 Å². The molecule has 1 aliphatic heterocycles. The number of piperazine rings is 1. The second kappa shape index (κ2) is 10.8. The quantitative estimate of drug-likeness (QED) is 0.282. The van der Waals surface area contributed by atoms with E-state index in [0.717, 1.165) is 43.8 Å². The second-order valence-electron chi connectivity index (χ2n) is 10.6. The fraction of sp³-hybridized carbons (Fsp3) is 0.333. The summed E-state index contributed by atoms with van der Waals surface area (Å²) < 4.78 is 36.7. The van der Waals surface area contributed by atoms with E-state index in [9.17, 15) is 18.7 Å². The first-order valence-electron chi connectivity index (χ1n) is 13.4. The van der Waals surface area contributed by atoms with Crippen molar-refractivity contribution in [1.29, 1.82) is 0 Å². The van der Waals surface area contributed by atoms with Crippen molar-refractivity contribution in [2.75, 3.05) is 31.1 Å². The Bertz CT molecular complexity index is 1650. The number of aromatic nitrogens is 3. The average molecular weight is 559 g/mol. The molecule has 2 fully saturated rings. The van der Waals surface area contributed by atoms with E-state index in [-0.39, 0.29) is 30.1 Å². The number of halogens is 2. The van der Waals surface area contributed by atoms with Gasteiger partial charge in [0.05, 0.1) is 36.3 Å². The molecule has 0 bridgehead atoms. The highest BCUT2D eigenvalue weighted by molar-refractivity contribution is 5.92. The number of benzene rings is 2. The van der Waals surface area contributed by atoms with Crippen molar-refractivity contribution in [1.82, 2.24) is 19.4 Å². The summed E-state index contributed by atoms with van der Waals surface area (Å²) in [6, 6.07) is 13.6. The number of carboxylic acid groups (broad SMARTS) is 1. The Labute approximate surface area is 235 Å². The van der Waals surface area contributed by atoms with E-state index in [2.05, 4.69) is 19.6 Å². The molecule has 11 heteroatoms. The van der Waals surface area contributed by atoms with Crippen LogP contribution >= 0.6 is 0 Å². The molecule has 9 nitrogen and oxygen atoms in total. The first kappa shape index (κ1) is 26.7. The number of carbonyl (C=O) groups is 1. The number of aromatic carboxylic acids is 1. The number of anilines is 1. The van der Waals surface area contributed by atoms with Gasteiger partial charge in [-0.15, -0.1) is 0 Å². The van der Waals surface area contributed by atoms with Crippen LogP contribution in [0.2, 0.25) is 0 Å². The number of nitrogens with zero attached hydrogens (tertiary/aromatic N) is 6. The van der Waals surface area contributed by atoms with E-state index in [4.69, 9.17) is 16.3 Å². The van der Waals surface area contributed by atoms with Gasteiger partial charge in [0.25, 0.3) is 0 Å². The molecule has 6 rings (SSSR count). The summed E-state index contributed by atoms with van der Waals surface area (Å²) in [6.07, 6.45) is 2.34. The maximum Gasteiger partial charge on any atom is 0.335 e. The third-order valence-electron chi connectivity index (χ3n) is 7.64. The Morgan fingerprint density at radius 2 is 1.93 bits per heavy atom.